The minimum absolute atomic E-state index is 0.696. The van der Waals surface area contributed by atoms with Crippen LogP contribution < -0.4 is 11.1 Å². The molecule has 0 aromatic heterocycles. The fourth-order valence-corrected chi connectivity index (χ4v) is 1.45. The average molecular weight is 237 g/mol. The van der Waals surface area contributed by atoms with Crippen LogP contribution in [0.5, 0.6) is 0 Å². The van der Waals surface area contributed by atoms with Gasteiger partial charge >= 0.3 is 0 Å². The number of benzene rings is 1. The van der Waals surface area contributed by atoms with Crippen molar-refractivity contribution in [1.82, 2.24) is 4.90 Å². The van der Waals surface area contributed by atoms with Crippen LogP contribution in [0.25, 0.3) is 0 Å². The summed E-state index contributed by atoms with van der Waals surface area (Å²) in [6.07, 6.45) is 0. The van der Waals surface area contributed by atoms with Gasteiger partial charge in [-0.1, -0.05) is 6.07 Å². The molecule has 0 atom stereocenters. The lowest BCUT2D eigenvalue weighted by Crippen LogP contribution is -2.20. The summed E-state index contributed by atoms with van der Waals surface area (Å²) < 4.78 is 5.48. The zero-order valence-electron chi connectivity index (χ0n) is 11.0. The van der Waals surface area contributed by atoms with E-state index in [-0.39, 0.29) is 0 Å². The Hall–Kier alpha value is -1.26. The maximum absolute atomic E-state index is 5.89. The summed E-state index contributed by atoms with van der Waals surface area (Å²) >= 11 is 0. The van der Waals surface area contributed by atoms with Crippen molar-refractivity contribution in [3.8, 4) is 0 Å². The number of nitrogens with one attached hydrogen (secondary N) is 1. The van der Waals surface area contributed by atoms with Crippen molar-refractivity contribution in [3.63, 3.8) is 0 Å². The zero-order valence-corrected chi connectivity index (χ0v) is 11.0. The highest BCUT2D eigenvalue weighted by atomic mass is 16.5. The molecule has 4 heteroatoms. The molecule has 1 rings (SSSR count). The van der Waals surface area contributed by atoms with Crippen molar-refractivity contribution >= 4 is 11.4 Å². The third-order valence-corrected chi connectivity index (χ3v) is 2.45. The van der Waals surface area contributed by atoms with Gasteiger partial charge in [-0.3, -0.25) is 0 Å². The smallest absolute Gasteiger partial charge is 0.0639 e. The molecule has 4 nitrogen and oxygen atoms in total. The Morgan fingerprint density at radius 1 is 1.29 bits per heavy atom. The van der Waals surface area contributed by atoms with E-state index in [2.05, 4.69) is 10.2 Å². The first-order valence-corrected chi connectivity index (χ1v) is 5.92. The van der Waals surface area contributed by atoms with E-state index >= 15 is 0 Å². The molecule has 0 aliphatic carbocycles. The Kier molecular flexibility index (Phi) is 5.80. The van der Waals surface area contributed by atoms with Crippen LogP contribution in [0.4, 0.5) is 11.4 Å². The summed E-state index contributed by atoms with van der Waals surface area (Å²) in [6.45, 7) is 5.22. The normalized spacial score (nSPS) is 10.8. The van der Waals surface area contributed by atoms with E-state index in [0.29, 0.717) is 6.61 Å². The first-order valence-electron chi connectivity index (χ1n) is 5.92. The van der Waals surface area contributed by atoms with Gasteiger partial charge < -0.3 is 20.7 Å². The van der Waals surface area contributed by atoms with Crippen LogP contribution in [-0.2, 0) is 4.74 Å². The van der Waals surface area contributed by atoms with E-state index in [0.717, 1.165) is 31.1 Å². The Morgan fingerprint density at radius 3 is 2.71 bits per heavy atom. The first kappa shape index (κ1) is 13.8. The fourth-order valence-electron chi connectivity index (χ4n) is 1.45. The lowest BCUT2D eigenvalue weighted by atomic mass is 10.2. The third kappa shape index (κ3) is 5.56. The van der Waals surface area contributed by atoms with E-state index in [1.165, 1.54) is 5.56 Å². The summed E-state index contributed by atoms with van der Waals surface area (Å²) in [4.78, 5) is 2.10. The second kappa shape index (κ2) is 7.14. The molecule has 0 saturated carbocycles. The Bertz CT molecular complexity index is 339. The molecular weight excluding hydrogens is 214 g/mol. The number of hydrogen-bond donors (Lipinski definition) is 2. The predicted octanol–water partition coefficient (Wildman–Crippen LogP) is 1.57. The maximum Gasteiger partial charge on any atom is 0.0639 e. The Labute approximate surface area is 104 Å². The molecule has 0 bridgehead atoms. The van der Waals surface area contributed by atoms with Crippen LogP contribution in [0.1, 0.15) is 5.56 Å². The number of rotatable bonds is 7. The largest absolute Gasteiger partial charge is 0.397 e. The van der Waals surface area contributed by atoms with E-state index in [1.54, 1.807) is 0 Å². The van der Waals surface area contributed by atoms with Gasteiger partial charge in [-0.15, -0.1) is 0 Å². The Balaban J connectivity index is 2.18. The van der Waals surface area contributed by atoms with Gasteiger partial charge in [0.15, 0.2) is 0 Å². The van der Waals surface area contributed by atoms with Crippen molar-refractivity contribution in [1.29, 1.82) is 0 Å². The molecule has 0 radical (unpaired) electrons. The van der Waals surface area contributed by atoms with Gasteiger partial charge in [0.05, 0.1) is 24.6 Å². The van der Waals surface area contributed by atoms with Crippen molar-refractivity contribution in [2.45, 2.75) is 6.92 Å². The van der Waals surface area contributed by atoms with Crippen LogP contribution >= 0.6 is 0 Å². The molecule has 0 spiro atoms. The van der Waals surface area contributed by atoms with Gasteiger partial charge in [-0.05, 0) is 38.7 Å². The molecule has 0 fully saturated rings. The van der Waals surface area contributed by atoms with E-state index in [9.17, 15) is 0 Å². The van der Waals surface area contributed by atoms with E-state index < -0.39 is 0 Å². The number of nitrogens with zero attached hydrogens (tertiary/aromatic N) is 1. The van der Waals surface area contributed by atoms with Crippen LogP contribution in [-0.4, -0.2) is 45.3 Å². The fraction of sp³-hybridized carbons (Fsp3) is 0.538. The summed E-state index contributed by atoms with van der Waals surface area (Å²) in [5, 5.41) is 3.26. The van der Waals surface area contributed by atoms with E-state index in [4.69, 9.17) is 10.5 Å². The zero-order chi connectivity index (χ0) is 12.7. The molecule has 3 N–H and O–H groups in total. The maximum atomic E-state index is 5.89. The Morgan fingerprint density at radius 2 is 2.06 bits per heavy atom. The summed E-state index contributed by atoms with van der Waals surface area (Å²) in [5.41, 5.74) is 8.84. The van der Waals surface area contributed by atoms with Gasteiger partial charge in [0.1, 0.15) is 0 Å². The van der Waals surface area contributed by atoms with E-state index in [1.807, 2.05) is 39.2 Å². The topological polar surface area (TPSA) is 50.5 Å². The standard InChI is InChI=1S/C13H23N3O/c1-11-4-5-13(12(14)10-11)15-6-8-17-9-7-16(2)3/h4-5,10,15H,6-9,14H2,1-3H3. The minimum atomic E-state index is 0.696. The highest BCUT2D eigenvalue weighted by Crippen LogP contribution is 2.18. The number of nitrogens with two attached hydrogens (primary N) is 1. The average Bonchev–Trinajstić information content (AvgIpc) is 2.25. The van der Waals surface area contributed by atoms with Crippen molar-refractivity contribution in [3.05, 3.63) is 23.8 Å². The van der Waals surface area contributed by atoms with Gasteiger partial charge in [0.2, 0.25) is 0 Å². The molecule has 0 heterocycles. The minimum Gasteiger partial charge on any atom is -0.397 e. The summed E-state index contributed by atoms with van der Waals surface area (Å²) in [7, 11) is 4.07. The molecule has 0 saturated heterocycles. The van der Waals surface area contributed by atoms with Crippen molar-refractivity contribution < 1.29 is 4.74 Å². The monoisotopic (exact) mass is 237 g/mol. The molecule has 0 unspecified atom stereocenters. The third-order valence-electron chi connectivity index (χ3n) is 2.45. The number of aryl methyl sites for hydroxylation is 1. The van der Waals surface area contributed by atoms with Crippen LogP contribution in [0, 0.1) is 6.92 Å². The van der Waals surface area contributed by atoms with Gasteiger partial charge in [0.25, 0.3) is 0 Å². The summed E-state index contributed by atoms with van der Waals surface area (Å²) in [5.74, 6) is 0. The molecule has 96 valence electrons. The number of hydrogen-bond acceptors (Lipinski definition) is 4. The predicted molar refractivity (Wildman–Crippen MR) is 73.5 cm³/mol. The van der Waals surface area contributed by atoms with Crippen LogP contribution in [0.15, 0.2) is 18.2 Å². The van der Waals surface area contributed by atoms with Gasteiger partial charge in [-0.25, -0.2) is 0 Å². The lowest BCUT2D eigenvalue weighted by molar-refractivity contribution is 0.126. The number of likely N-dealkylation sites (N-methyl/N-ethyl adjacent to an activating group) is 1. The second-order valence-electron chi connectivity index (χ2n) is 4.43. The van der Waals surface area contributed by atoms with Crippen molar-refractivity contribution in [2.75, 3.05) is 51.4 Å². The molecule has 0 amide bonds. The SMILES string of the molecule is Cc1ccc(NCCOCCN(C)C)c(N)c1. The molecule has 0 aliphatic rings. The number of nitrogen functional groups attached to an aromatic ring is 1. The first-order chi connectivity index (χ1) is 8.09. The highest BCUT2D eigenvalue weighted by molar-refractivity contribution is 5.66. The molecule has 1 aromatic carbocycles. The highest BCUT2D eigenvalue weighted by Gasteiger charge is 1.98. The molecule has 0 aliphatic heterocycles. The van der Waals surface area contributed by atoms with Crippen LogP contribution in [0.3, 0.4) is 0 Å². The second-order valence-corrected chi connectivity index (χ2v) is 4.43. The van der Waals surface area contributed by atoms with Crippen molar-refractivity contribution in [2.24, 2.45) is 0 Å². The number of anilines is 2. The quantitative estimate of drug-likeness (QED) is 0.558. The van der Waals surface area contributed by atoms with Gasteiger partial charge in [-0.2, -0.15) is 0 Å². The number of ether oxygens (including phenoxy) is 1. The molecular formula is C13H23N3O. The summed E-state index contributed by atoms with van der Waals surface area (Å²) in [6, 6.07) is 6.02. The molecule has 1 aromatic rings. The van der Waals surface area contributed by atoms with Crippen LogP contribution in [0.2, 0.25) is 0 Å². The lowest BCUT2D eigenvalue weighted by Gasteiger charge is -2.12. The van der Waals surface area contributed by atoms with Gasteiger partial charge in [0, 0.05) is 13.1 Å². The molecule has 17 heavy (non-hydrogen) atoms.